The predicted molar refractivity (Wildman–Crippen MR) is 91.5 cm³/mol. The molecule has 0 spiro atoms. The Morgan fingerprint density at radius 3 is 2.78 bits per heavy atom. The van der Waals surface area contributed by atoms with E-state index in [1.165, 1.54) is 0 Å². The van der Waals surface area contributed by atoms with Gasteiger partial charge in [0.1, 0.15) is 0 Å². The number of imidazole rings is 1. The van der Waals surface area contributed by atoms with Crippen LogP contribution in [0.4, 0.5) is 5.69 Å². The predicted octanol–water partition coefficient (Wildman–Crippen LogP) is 2.82. The van der Waals surface area contributed by atoms with Gasteiger partial charge >= 0.3 is 0 Å². The lowest BCUT2D eigenvalue weighted by Crippen LogP contribution is -2.41. The summed E-state index contributed by atoms with van der Waals surface area (Å²) in [6.45, 7) is 4.41. The molecule has 23 heavy (non-hydrogen) atoms. The summed E-state index contributed by atoms with van der Waals surface area (Å²) in [4.78, 5) is 16.4. The molecule has 122 valence electrons. The van der Waals surface area contributed by atoms with E-state index in [0.717, 1.165) is 36.1 Å². The monoisotopic (exact) mass is 312 g/mol. The highest BCUT2D eigenvalue weighted by Gasteiger charge is 2.29. The van der Waals surface area contributed by atoms with Crippen LogP contribution in [0.5, 0.6) is 0 Å². The summed E-state index contributed by atoms with van der Waals surface area (Å²) in [6.07, 6.45) is 8.86. The number of nitrogens with one attached hydrogen (secondary N) is 2. The van der Waals surface area contributed by atoms with Gasteiger partial charge in [-0.1, -0.05) is 18.2 Å². The van der Waals surface area contributed by atoms with Gasteiger partial charge in [0.05, 0.1) is 18.9 Å². The van der Waals surface area contributed by atoms with Crippen molar-refractivity contribution in [3.63, 3.8) is 0 Å². The lowest BCUT2D eigenvalue weighted by molar-refractivity contribution is -0.120. The van der Waals surface area contributed by atoms with E-state index >= 15 is 0 Å². The minimum Gasteiger partial charge on any atom is -0.376 e. The summed E-state index contributed by atoms with van der Waals surface area (Å²) < 4.78 is 2.11. The van der Waals surface area contributed by atoms with E-state index in [1.807, 2.05) is 18.6 Å². The number of carbonyl (C=O) groups excluding carboxylic acids is 1. The number of hydrogen-bond donors (Lipinski definition) is 2. The fourth-order valence-corrected chi connectivity index (χ4v) is 3.45. The molecule has 3 rings (SSSR count). The van der Waals surface area contributed by atoms with E-state index in [2.05, 4.69) is 46.2 Å². The van der Waals surface area contributed by atoms with Crippen molar-refractivity contribution < 1.29 is 4.79 Å². The number of rotatable bonds is 5. The topological polar surface area (TPSA) is 59.0 Å². The highest BCUT2D eigenvalue weighted by atomic mass is 16.2. The van der Waals surface area contributed by atoms with Gasteiger partial charge < -0.3 is 15.2 Å². The van der Waals surface area contributed by atoms with Crippen molar-refractivity contribution >= 4 is 11.6 Å². The van der Waals surface area contributed by atoms with Gasteiger partial charge in [-0.3, -0.25) is 4.79 Å². The second-order valence-corrected chi connectivity index (χ2v) is 6.30. The molecule has 1 fully saturated rings. The normalized spacial score (nSPS) is 20.4. The Morgan fingerprint density at radius 1 is 1.30 bits per heavy atom. The summed E-state index contributed by atoms with van der Waals surface area (Å²) in [5, 5.41) is 6.45. The molecular weight excluding hydrogens is 288 g/mol. The second kappa shape index (κ2) is 6.86. The smallest absolute Gasteiger partial charge is 0.239 e. The number of aromatic nitrogens is 2. The van der Waals surface area contributed by atoms with Crippen LogP contribution in [0.3, 0.4) is 0 Å². The van der Waals surface area contributed by atoms with Crippen molar-refractivity contribution in [1.29, 1.82) is 0 Å². The van der Waals surface area contributed by atoms with Crippen molar-refractivity contribution in [3.05, 3.63) is 48.0 Å². The molecule has 0 unspecified atom stereocenters. The van der Waals surface area contributed by atoms with Gasteiger partial charge in [0.2, 0.25) is 5.91 Å². The largest absolute Gasteiger partial charge is 0.376 e. The lowest BCUT2D eigenvalue weighted by Gasteiger charge is -2.22. The number of hydrogen-bond acceptors (Lipinski definition) is 3. The van der Waals surface area contributed by atoms with E-state index in [9.17, 15) is 4.79 Å². The van der Waals surface area contributed by atoms with Gasteiger partial charge in [-0.05, 0) is 44.2 Å². The molecule has 1 aromatic carbocycles. The maximum absolute atomic E-state index is 12.3. The Morgan fingerprint density at radius 2 is 2.09 bits per heavy atom. The van der Waals surface area contributed by atoms with Crippen LogP contribution in [0.25, 0.3) is 0 Å². The summed E-state index contributed by atoms with van der Waals surface area (Å²) in [5.41, 5.74) is 3.38. The molecule has 2 N–H and O–H groups in total. The molecule has 5 nitrogen and oxygen atoms in total. The van der Waals surface area contributed by atoms with Crippen molar-refractivity contribution in [3.8, 4) is 0 Å². The molecule has 1 aliphatic rings. The van der Waals surface area contributed by atoms with E-state index < -0.39 is 0 Å². The van der Waals surface area contributed by atoms with Gasteiger partial charge in [0.15, 0.2) is 0 Å². The molecule has 1 amide bonds. The standard InChI is InChI=1S/C18H24N4O/c1-13-5-3-6-14(2)18(13)20-11-17(23)21-15-7-4-8-16(15)22-10-9-19-12-22/h3,5-6,9-10,12,15-16,20H,4,7-8,11H2,1-2H3,(H,21,23)/t15-,16+/m0/s1. The third-order valence-corrected chi connectivity index (χ3v) is 4.64. The van der Waals surface area contributed by atoms with Crippen molar-refractivity contribution in [2.45, 2.75) is 45.2 Å². The van der Waals surface area contributed by atoms with Crippen LogP contribution in [0.1, 0.15) is 36.4 Å². The third-order valence-electron chi connectivity index (χ3n) is 4.64. The van der Waals surface area contributed by atoms with Crippen LogP contribution in [0.15, 0.2) is 36.9 Å². The lowest BCUT2D eigenvalue weighted by atomic mass is 10.1. The summed E-state index contributed by atoms with van der Waals surface area (Å²) in [5.74, 6) is 0.0460. The summed E-state index contributed by atoms with van der Waals surface area (Å²) in [6, 6.07) is 6.65. The van der Waals surface area contributed by atoms with Crippen LogP contribution in [0.2, 0.25) is 0 Å². The molecule has 5 heteroatoms. The number of amides is 1. The minimum atomic E-state index is 0.0460. The van der Waals surface area contributed by atoms with E-state index in [4.69, 9.17) is 0 Å². The van der Waals surface area contributed by atoms with E-state index in [-0.39, 0.29) is 11.9 Å². The Balaban J connectivity index is 1.57. The van der Waals surface area contributed by atoms with Gasteiger partial charge in [-0.15, -0.1) is 0 Å². The number of anilines is 1. The Kier molecular flexibility index (Phi) is 4.65. The van der Waals surface area contributed by atoms with Gasteiger partial charge in [-0.2, -0.15) is 0 Å². The first-order chi connectivity index (χ1) is 11.1. The van der Waals surface area contributed by atoms with Crippen LogP contribution < -0.4 is 10.6 Å². The Labute approximate surface area is 137 Å². The molecule has 1 aliphatic carbocycles. The second-order valence-electron chi connectivity index (χ2n) is 6.30. The SMILES string of the molecule is Cc1cccc(C)c1NCC(=O)N[C@H]1CCC[C@H]1n1ccnc1. The molecule has 0 aliphatic heterocycles. The molecule has 1 heterocycles. The van der Waals surface area contributed by atoms with Crippen LogP contribution in [0, 0.1) is 13.8 Å². The molecule has 1 aromatic heterocycles. The molecular formula is C18H24N4O. The maximum Gasteiger partial charge on any atom is 0.239 e. The van der Waals surface area contributed by atoms with Crippen molar-refractivity contribution in [2.24, 2.45) is 0 Å². The number of benzene rings is 1. The molecule has 1 saturated carbocycles. The average molecular weight is 312 g/mol. The fraction of sp³-hybridized carbons (Fsp3) is 0.444. The zero-order chi connectivity index (χ0) is 16.2. The van der Waals surface area contributed by atoms with Crippen LogP contribution in [-0.2, 0) is 4.79 Å². The molecule has 0 saturated heterocycles. The number of carbonyl (C=O) groups is 1. The highest BCUT2D eigenvalue weighted by molar-refractivity contribution is 5.81. The molecule has 0 radical (unpaired) electrons. The zero-order valence-electron chi connectivity index (χ0n) is 13.7. The molecule has 2 aromatic rings. The molecule has 2 atom stereocenters. The first-order valence-electron chi connectivity index (χ1n) is 8.22. The summed E-state index contributed by atoms with van der Waals surface area (Å²) in [7, 11) is 0. The van der Waals surface area contributed by atoms with E-state index in [1.54, 1.807) is 6.20 Å². The zero-order valence-corrected chi connectivity index (χ0v) is 13.7. The summed E-state index contributed by atoms with van der Waals surface area (Å²) >= 11 is 0. The van der Waals surface area contributed by atoms with Gasteiger partial charge in [-0.25, -0.2) is 4.98 Å². The quantitative estimate of drug-likeness (QED) is 0.892. The average Bonchev–Trinajstić information content (AvgIpc) is 3.17. The van der Waals surface area contributed by atoms with Crippen LogP contribution in [-0.4, -0.2) is 28.0 Å². The van der Waals surface area contributed by atoms with E-state index in [0.29, 0.717) is 12.6 Å². The highest BCUT2D eigenvalue weighted by Crippen LogP contribution is 2.29. The maximum atomic E-state index is 12.3. The van der Waals surface area contributed by atoms with Gasteiger partial charge in [0.25, 0.3) is 0 Å². The first-order valence-corrected chi connectivity index (χ1v) is 8.22. The van der Waals surface area contributed by atoms with Gasteiger partial charge in [0, 0.05) is 24.1 Å². The fourth-order valence-electron chi connectivity index (χ4n) is 3.45. The number of para-hydroxylation sites is 1. The molecule has 0 bridgehead atoms. The first kappa shape index (κ1) is 15.6. The number of aryl methyl sites for hydroxylation is 2. The van der Waals surface area contributed by atoms with Crippen molar-refractivity contribution in [2.75, 3.05) is 11.9 Å². The third kappa shape index (κ3) is 3.55. The number of nitrogens with zero attached hydrogens (tertiary/aromatic N) is 2. The Hall–Kier alpha value is -2.30. The van der Waals surface area contributed by atoms with Crippen molar-refractivity contribution in [1.82, 2.24) is 14.9 Å². The Bertz CT molecular complexity index is 645. The minimum absolute atomic E-state index is 0.0460. The van der Waals surface area contributed by atoms with Crippen LogP contribution >= 0.6 is 0 Å².